The van der Waals surface area contributed by atoms with Crippen molar-refractivity contribution in [1.29, 1.82) is 0 Å². The molecule has 20 heavy (non-hydrogen) atoms. The molecule has 5 nitrogen and oxygen atoms in total. The number of nitrogens with zero attached hydrogens (tertiary/aromatic N) is 2. The molecule has 1 heterocycles. The molecule has 114 valence electrons. The van der Waals surface area contributed by atoms with Gasteiger partial charge >= 0.3 is 0 Å². The molecule has 6 heteroatoms. The largest absolute Gasteiger partial charge is 0.325 e. The summed E-state index contributed by atoms with van der Waals surface area (Å²) in [6.45, 7) is 9.38. The first kappa shape index (κ1) is 17.1. The highest BCUT2D eigenvalue weighted by molar-refractivity contribution is 7.89. The summed E-state index contributed by atoms with van der Waals surface area (Å²) >= 11 is 0. The van der Waals surface area contributed by atoms with Crippen molar-refractivity contribution in [2.75, 3.05) is 13.1 Å². The summed E-state index contributed by atoms with van der Waals surface area (Å²) in [5.41, 5.74) is 6.16. The van der Waals surface area contributed by atoms with E-state index in [1.807, 2.05) is 27.7 Å². The Morgan fingerprint density at radius 1 is 1.15 bits per heavy atom. The topological polar surface area (TPSA) is 76.3 Å². The lowest BCUT2D eigenvalue weighted by molar-refractivity contribution is 0.333. The predicted octanol–water partition coefficient (Wildman–Crippen LogP) is 1.84. The van der Waals surface area contributed by atoms with Crippen LogP contribution in [0.15, 0.2) is 23.2 Å². The molecule has 0 amide bonds. The van der Waals surface area contributed by atoms with Crippen molar-refractivity contribution in [3.05, 3.63) is 24.0 Å². The third kappa shape index (κ3) is 4.54. The maximum Gasteiger partial charge on any atom is 0.244 e. The first-order valence-electron chi connectivity index (χ1n) is 6.92. The van der Waals surface area contributed by atoms with Gasteiger partial charge < -0.3 is 5.73 Å². The van der Waals surface area contributed by atoms with Gasteiger partial charge in [0.2, 0.25) is 10.0 Å². The van der Waals surface area contributed by atoms with Crippen LogP contribution in [0.25, 0.3) is 0 Å². The normalized spacial score (nSPS) is 12.6. The van der Waals surface area contributed by atoms with E-state index in [0.717, 1.165) is 0 Å². The number of hydrogen-bond acceptors (Lipinski definition) is 4. The summed E-state index contributed by atoms with van der Waals surface area (Å²) in [5.74, 6) is 0.555. The van der Waals surface area contributed by atoms with Gasteiger partial charge in [0.25, 0.3) is 0 Å². The maximum absolute atomic E-state index is 12.7. The fourth-order valence-electron chi connectivity index (χ4n) is 1.92. The highest BCUT2D eigenvalue weighted by Gasteiger charge is 2.26. The fourth-order valence-corrected chi connectivity index (χ4v) is 3.63. The molecule has 0 aliphatic heterocycles. The zero-order chi connectivity index (χ0) is 15.3. The quantitative estimate of drug-likeness (QED) is 0.833. The highest BCUT2D eigenvalue weighted by atomic mass is 32.2. The Balaban J connectivity index is 3.07. The SMILES string of the molecule is CC(C)CN(CC(C)C)S(=O)(=O)c1ccc(CN)nc1. The maximum atomic E-state index is 12.7. The van der Waals surface area contributed by atoms with Crippen LogP contribution in [-0.4, -0.2) is 30.8 Å². The van der Waals surface area contributed by atoms with Crippen molar-refractivity contribution in [2.45, 2.75) is 39.1 Å². The van der Waals surface area contributed by atoms with E-state index < -0.39 is 10.0 Å². The van der Waals surface area contributed by atoms with Crippen molar-refractivity contribution in [3.63, 3.8) is 0 Å². The minimum atomic E-state index is -3.49. The zero-order valence-electron chi connectivity index (χ0n) is 12.7. The predicted molar refractivity (Wildman–Crippen MR) is 80.6 cm³/mol. The van der Waals surface area contributed by atoms with Gasteiger partial charge in [-0.1, -0.05) is 27.7 Å². The summed E-state index contributed by atoms with van der Waals surface area (Å²) in [6, 6.07) is 3.24. The molecule has 2 N–H and O–H groups in total. The summed E-state index contributed by atoms with van der Waals surface area (Å²) < 4.78 is 26.9. The Bertz CT molecular complexity index is 500. The van der Waals surface area contributed by atoms with Crippen LogP contribution in [0.5, 0.6) is 0 Å². The minimum absolute atomic E-state index is 0.232. The van der Waals surface area contributed by atoms with E-state index in [-0.39, 0.29) is 16.7 Å². The van der Waals surface area contributed by atoms with Gasteiger partial charge in [-0.25, -0.2) is 8.42 Å². The molecule has 0 fully saturated rings. The van der Waals surface area contributed by atoms with Crippen LogP contribution in [-0.2, 0) is 16.6 Å². The molecule has 0 aromatic carbocycles. The van der Waals surface area contributed by atoms with Gasteiger partial charge in [-0.3, -0.25) is 4.98 Å². The number of rotatable bonds is 7. The minimum Gasteiger partial charge on any atom is -0.325 e. The van der Waals surface area contributed by atoms with Crippen molar-refractivity contribution in [1.82, 2.24) is 9.29 Å². The molecule has 1 aromatic rings. The number of nitrogens with two attached hydrogens (primary N) is 1. The van der Waals surface area contributed by atoms with Crippen LogP contribution in [0.1, 0.15) is 33.4 Å². The number of pyridine rings is 1. The number of sulfonamides is 1. The van der Waals surface area contributed by atoms with Gasteiger partial charge in [0.15, 0.2) is 0 Å². The molecule has 0 aliphatic carbocycles. The van der Waals surface area contributed by atoms with Crippen LogP contribution >= 0.6 is 0 Å². The van der Waals surface area contributed by atoms with Crippen molar-refractivity contribution >= 4 is 10.0 Å². The number of hydrogen-bond donors (Lipinski definition) is 1. The first-order chi connectivity index (χ1) is 9.27. The van der Waals surface area contributed by atoms with Crippen LogP contribution in [0.3, 0.4) is 0 Å². The summed E-state index contributed by atoms with van der Waals surface area (Å²) in [4.78, 5) is 4.31. The lowest BCUT2D eigenvalue weighted by Gasteiger charge is -2.25. The molecule has 0 radical (unpaired) electrons. The zero-order valence-corrected chi connectivity index (χ0v) is 13.5. The monoisotopic (exact) mass is 299 g/mol. The van der Waals surface area contributed by atoms with Gasteiger partial charge in [0.1, 0.15) is 4.90 Å². The van der Waals surface area contributed by atoms with E-state index in [9.17, 15) is 8.42 Å². The molecule has 0 saturated carbocycles. The second-order valence-electron chi connectivity index (χ2n) is 5.80. The standard InChI is InChI=1S/C14H25N3O2S/c1-11(2)9-17(10-12(3)4)20(18,19)14-6-5-13(7-15)16-8-14/h5-6,8,11-12H,7,9-10,15H2,1-4H3. The van der Waals surface area contributed by atoms with Crippen LogP contribution < -0.4 is 5.73 Å². The Morgan fingerprint density at radius 3 is 2.05 bits per heavy atom. The van der Waals surface area contributed by atoms with Crippen LogP contribution in [0.4, 0.5) is 0 Å². The first-order valence-corrected chi connectivity index (χ1v) is 8.36. The van der Waals surface area contributed by atoms with E-state index in [4.69, 9.17) is 5.73 Å². The van der Waals surface area contributed by atoms with Gasteiger partial charge in [-0.2, -0.15) is 4.31 Å². The highest BCUT2D eigenvalue weighted by Crippen LogP contribution is 2.18. The lowest BCUT2D eigenvalue weighted by Crippen LogP contribution is -2.37. The Labute approximate surface area is 122 Å². The molecular formula is C14H25N3O2S. The molecule has 0 unspecified atom stereocenters. The summed E-state index contributed by atoms with van der Waals surface area (Å²) in [6.07, 6.45) is 1.39. The van der Waals surface area contributed by atoms with E-state index in [0.29, 0.717) is 25.3 Å². The molecule has 0 saturated heterocycles. The second-order valence-corrected chi connectivity index (χ2v) is 7.74. The molecule has 0 aliphatic rings. The Hall–Kier alpha value is -0.980. The van der Waals surface area contributed by atoms with Gasteiger partial charge in [-0.05, 0) is 24.0 Å². The van der Waals surface area contributed by atoms with E-state index >= 15 is 0 Å². The van der Waals surface area contributed by atoms with Crippen molar-refractivity contribution in [2.24, 2.45) is 17.6 Å². The average Bonchev–Trinajstić information content (AvgIpc) is 2.37. The van der Waals surface area contributed by atoms with E-state index in [2.05, 4.69) is 4.98 Å². The van der Waals surface area contributed by atoms with Crippen molar-refractivity contribution in [3.8, 4) is 0 Å². The van der Waals surface area contributed by atoms with Crippen LogP contribution in [0.2, 0.25) is 0 Å². The smallest absolute Gasteiger partial charge is 0.244 e. The third-order valence-corrected chi connectivity index (χ3v) is 4.60. The fraction of sp³-hybridized carbons (Fsp3) is 0.643. The van der Waals surface area contributed by atoms with E-state index in [1.165, 1.54) is 6.20 Å². The third-order valence-electron chi connectivity index (χ3n) is 2.78. The average molecular weight is 299 g/mol. The lowest BCUT2D eigenvalue weighted by atomic mass is 10.2. The number of aromatic nitrogens is 1. The van der Waals surface area contributed by atoms with Gasteiger partial charge in [0.05, 0.1) is 5.69 Å². The van der Waals surface area contributed by atoms with Gasteiger partial charge in [0, 0.05) is 25.8 Å². The Kier molecular flexibility index (Phi) is 6.10. The Morgan fingerprint density at radius 2 is 1.70 bits per heavy atom. The molecule has 0 spiro atoms. The van der Waals surface area contributed by atoms with E-state index in [1.54, 1.807) is 16.4 Å². The molecule has 1 aromatic heterocycles. The molecule has 1 rings (SSSR count). The van der Waals surface area contributed by atoms with Crippen LogP contribution in [0, 0.1) is 11.8 Å². The summed E-state index contributed by atoms with van der Waals surface area (Å²) in [7, 11) is -3.49. The molecule has 0 bridgehead atoms. The summed E-state index contributed by atoms with van der Waals surface area (Å²) in [5, 5.41) is 0. The second kappa shape index (κ2) is 7.15. The van der Waals surface area contributed by atoms with Gasteiger partial charge in [-0.15, -0.1) is 0 Å². The molecular weight excluding hydrogens is 274 g/mol. The van der Waals surface area contributed by atoms with Crippen molar-refractivity contribution < 1.29 is 8.42 Å². The molecule has 0 atom stereocenters.